The van der Waals surface area contributed by atoms with Gasteiger partial charge >= 0.3 is 0 Å². The summed E-state index contributed by atoms with van der Waals surface area (Å²) >= 11 is 11.5. The van der Waals surface area contributed by atoms with Crippen LogP contribution in [0.4, 0.5) is 0 Å². The van der Waals surface area contributed by atoms with Gasteiger partial charge in [0.05, 0.1) is 0 Å². The van der Waals surface area contributed by atoms with Gasteiger partial charge in [0.15, 0.2) is 0 Å². The molecular weight excluding hydrogens is 525 g/mol. The van der Waals surface area contributed by atoms with Crippen LogP contribution in [0.5, 0.6) is 0 Å². The second-order valence-corrected chi connectivity index (χ2v) is 10.6. The Kier molecular flexibility index (Phi) is 14.1. The van der Waals surface area contributed by atoms with E-state index in [1.54, 1.807) is 37.1 Å². The van der Waals surface area contributed by atoms with Crippen molar-refractivity contribution in [1.29, 1.82) is 0 Å². The molecule has 0 saturated heterocycles. The lowest BCUT2D eigenvalue weighted by Gasteiger charge is -2.46. The van der Waals surface area contributed by atoms with E-state index in [0.717, 1.165) is 37.7 Å². The molecule has 2 N–H and O–H groups in total. The summed E-state index contributed by atoms with van der Waals surface area (Å²) < 4.78 is 0. The van der Waals surface area contributed by atoms with Crippen LogP contribution in [0.2, 0.25) is 0 Å². The number of hydrogen-bond donors (Lipinski definition) is 2. The fourth-order valence-electron chi connectivity index (χ4n) is 4.60. The highest BCUT2D eigenvalue weighted by atomic mass is 32.1. The van der Waals surface area contributed by atoms with E-state index >= 15 is 0 Å². The van der Waals surface area contributed by atoms with Gasteiger partial charge in [-0.2, -0.15) is 0 Å². The summed E-state index contributed by atoms with van der Waals surface area (Å²) in [5.74, 6) is 1.73. The number of allylic oxidation sites excluding steroid dienone is 7. The lowest BCUT2D eigenvalue weighted by Crippen LogP contribution is -2.52. The zero-order valence-electron chi connectivity index (χ0n) is 24.3. The van der Waals surface area contributed by atoms with Crippen molar-refractivity contribution in [3.8, 4) is 12.3 Å². The van der Waals surface area contributed by atoms with Crippen molar-refractivity contribution < 1.29 is 9.59 Å². The van der Waals surface area contributed by atoms with Crippen LogP contribution in [0.25, 0.3) is 0 Å². The second-order valence-electron chi connectivity index (χ2n) is 9.84. The molecule has 39 heavy (non-hydrogen) atoms. The molecule has 0 atom stereocenters. The molecule has 0 aromatic carbocycles. The van der Waals surface area contributed by atoms with Crippen molar-refractivity contribution >= 4 is 46.2 Å². The number of rotatable bonds is 10. The summed E-state index contributed by atoms with van der Waals surface area (Å²) in [6, 6.07) is 0. The number of hydrazine groups is 2. The second kappa shape index (κ2) is 16.2. The number of thiocarbonyl (C=S) groups is 2. The van der Waals surface area contributed by atoms with E-state index in [1.165, 1.54) is 5.57 Å². The molecule has 0 unspecified atom stereocenters. The zero-order valence-corrected chi connectivity index (χ0v) is 25.9. The summed E-state index contributed by atoms with van der Waals surface area (Å²) in [6.45, 7) is 11.5. The smallest absolute Gasteiger partial charge is 0.239 e. The molecule has 2 rings (SSSR count). The molecule has 2 amide bonds. The molecule has 0 bridgehead atoms. The molecule has 2 aliphatic rings. The van der Waals surface area contributed by atoms with Gasteiger partial charge in [0, 0.05) is 37.8 Å². The Balaban J connectivity index is 0.00000242. The third-order valence-corrected chi connectivity index (χ3v) is 8.37. The zero-order chi connectivity index (χ0) is 29.6. The molecule has 0 aromatic rings. The first-order valence-corrected chi connectivity index (χ1v) is 14.1. The molecule has 0 heterocycles. The summed E-state index contributed by atoms with van der Waals surface area (Å²) in [6.07, 6.45) is 23.4. The van der Waals surface area contributed by atoms with Crippen LogP contribution in [0, 0.1) is 23.2 Å². The SMILES string of the molecule is C#CC.C=C/C=C(\C=C/C)C1(C(=S)N(C)NC(=O)CCC(=O)NN(C)C(=S)C2(/C(C)=C/C=C\C)CCC2)CC1. The normalized spacial score (nSPS) is 17.2. The van der Waals surface area contributed by atoms with E-state index in [2.05, 4.69) is 42.8 Å². The first-order chi connectivity index (χ1) is 18.5. The standard InChI is InChI=1S/C28H40N4O2S2.C3H4/c1-7-10-14-21(4)27(17-11-18-27)25(35)31(5)29-23(33)15-16-24(34)30-32(6)26(36)28(19-20-28)22(12-8-2)13-9-3;1-3-2/h7-10,12-14H,2,11,15-20H2,1,3-6H3,(H,29,33)(H,30,34);1H,2H3/b10-7-,13-9-,21-14+,22-12+;. The van der Waals surface area contributed by atoms with Crippen LogP contribution in [-0.4, -0.2) is 45.9 Å². The van der Waals surface area contributed by atoms with Crippen molar-refractivity contribution in [3.63, 3.8) is 0 Å². The summed E-state index contributed by atoms with van der Waals surface area (Å²) in [7, 11) is 3.51. The van der Waals surface area contributed by atoms with Gasteiger partial charge < -0.3 is 0 Å². The number of amides is 2. The first kappa shape index (κ1) is 34.0. The van der Waals surface area contributed by atoms with E-state index in [-0.39, 0.29) is 35.5 Å². The lowest BCUT2D eigenvalue weighted by molar-refractivity contribution is -0.129. The molecule has 2 fully saturated rings. The van der Waals surface area contributed by atoms with Gasteiger partial charge in [-0.1, -0.05) is 85.5 Å². The van der Waals surface area contributed by atoms with Crippen LogP contribution in [0.15, 0.2) is 60.3 Å². The van der Waals surface area contributed by atoms with E-state index in [9.17, 15) is 9.59 Å². The minimum atomic E-state index is -0.267. The average Bonchev–Trinajstić information content (AvgIpc) is 3.67. The molecule has 8 heteroatoms. The quantitative estimate of drug-likeness (QED) is 0.143. The van der Waals surface area contributed by atoms with Crippen molar-refractivity contribution in [3.05, 3.63) is 60.3 Å². The Hall–Kier alpha value is -3.02. The number of nitrogens with one attached hydrogen (secondary N) is 2. The monoisotopic (exact) mass is 568 g/mol. The fraction of sp³-hybridized carbons (Fsp3) is 0.484. The number of hydrogen-bond acceptors (Lipinski definition) is 4. The molecule has 0 aliphatic heterocycles. The highest BCUT2D eigenvalue weighted by molar-refractivity contribution is 7.80. The number of carbonyl (C=O) groups excluding carboxylic acids is 2. The summed E-state index contributed by atoms with van der Waals surface area (Å²) in [5.41, 5.74) is 7.48. The first-order valence-electron chi connectivity index (χ1n) is 13.3. The highest BCUT2D eigenvalue weighted by Gasteiger charge is 2.50. The molecule has 0 aromatic heterocycles. The summed E-state index contributed by atoms with van der Waals surface area (Å²) in [5, 5.41) is 3.24. The minimum Gasteiger partial charge on any atom is -0.281 e. The van der Waals surface area contributed by atoms with Gasteiger partial charge in [-0.15, -0.1) is 12.3 Å². The predicted molar refractivity (Wildman–Crippen MR) is 170 cm³/mol. The van der Waals surface area contributed by atoms with Crippen LogP contribution in [0.3, 0.4) is 0 Å². The maximum absolute atomic E-state index is 12.6. The van der Waals surface area contributed by atoms with Gasteiger partial charge in [-0.3, -0.25) is 30.5 Å². The Morgan fingerprint density at radius 2 is 1.44 bits per heavy atom. The van der Waals surface area contributed by atoms with E-state index in [4.69, 9.17) is 24.4 Å². The number of terminal acetylenes is 1. The Morgan fingerprint density at radius 1 is 0.949 bits per heavy atom. The van der Waals surface area contributed by atoms with Gasteiger partial charge in [0.2, 0.25) is 11.8 Å². The van der Waals surface area contributed by atoms with E-state index in [1.807, 2.05) is 44.2 Å². The Labute approximate surface area is 246 Å². The van der Waals surface area contributed by atoms with Gasteiger partial charge in [-0.25, -0.2) is 0 Å². The van der Waals surface area contributed by atoms with Gasteiger partial charge in [-0.05, 0) is 59.0 Å². The third-order valence-electron chi connectivity index (χ3n) is 7.04. The van der Waals surface area contributed by atoms with Crippen LogP contribution in [0.1, 0.15) is 72.6 Å². The average molecular weight is 569 g/mol. The largest absolute Gasteiger partial charge is 0.281 e. The Bertz CT molecular complexity index is 1090. The fourth-order valence-corrected chi connectivity index (χ4v) is 5.37. The van der Waals surface area contributed by atoms with Crippen molar-refractivity contribution in [2.45, 2.75) is 72.6 Å². The van der Waals surface area contributed by atoms with Crippen LogP contribution < -0.4 is 10.9 Å². The molecular formula is C31H44N4O2S2. The summed E-state index contributed by atoms with van der Waals surface area (Å²) in [4.78, 5) is 26.5. The van der Waals surface area contributed by atoms with Crippen LogP contribution in [-0.2, 0) is 9.59 Å². The van der Waals surface area contributed by atoms with Crippen LogP contribution >= 0.6 is 24.4 Å². The molecule has 0 radical (unpaired) electrons. The molecule has 2 aliphatic carbocycles. The van der Waals surface area contributed by atoms with E-state index < -0.39 is 0 Å². The molecule has 0 spiro atoms. The molecule has 6 nitrogen and oxygen atoms in total. The minimum absolute atomic E-state index is 0.0436. The van der Waals surface area contributed by atoms with Crippen molar-refractivity contribution in [2.75, 3.05) is 14.1 Å². The van der Waals surface area contributed by atoms with Gasteiger partial charge in [0.1, 0.15) is 9.98 Å². The topological polar surface area (TPSA) is 64.7 Å². The molecule has 212 valence electrons. The molecule has 2 saturated carbocycles. The maximum atomic E-state index is 12.6. The Morgan fingerprint density at radius 3 is 1.79 bits per heavy atom. The lowest BCUT2D eigenvalue weighted by atomic mass is 9.64. The van der Waals surface area contributed by atoms with Crippen molar-refractivity contribution in [1.82, 2.24) is 20.9 Å². The van der Waals surface area contributed by atoms with E-state index in [0.29, 0.717) is 9.98 Å². The van der Waals surface area contributed by atoms with Gasteiger partial charge in [0.25, 0.3) is 0 Å². The number of nitrogens with zero attached hydrogens (tertiary/aromatic N) is 2. The highest BCUT2D eigenvalue weighted by Crippen LogP contribution is 2.54. The maximum Gasteiger partial charge on any atom is 0.239 e. The third kappa shape index (κ3) is 9.01. The van der Waals surface area contributed by atoms with Crippen molar-refractivity contribution in [2.24, 2.45) is 10.8 Å². The number of carbonyl (C=O) groups is 2. The predicted octanol–water partition coefficient (Wildman–Crippen LogP) is 6.15.